The summed E-state index contributed by atoms with van der Waals surface area (Å²) in [4.78, 5) is 22.5. The third-order valence-corrected chi connectivity index (χ3v) is 2.10. The van der Waals surface area contributed by atoms with Gasteiger partial charge in [0.05, 0.1) is 6.61 Å². The summed E-state index contributed by atoms with van der Waals surface area (Å²) in [7, 11) is 0. The fourth-order valence-electron chi connectivity index (χ4n) is 1.24. The third-order valence-electron chi connectivity index (χ3n) is 2.10. The molecule has 0 saturated carbocycles. The molecule has 16 heavy (non-hydrogen) atoms. The monoisotopic (exact) mass is 221 g/mol. The third kappa shape index (κ3) is 3.08. The van der Waals surface area contributed by atoms with Crippen molar-refractivity contribution in [1.82, 2.24) is 0 Å². The highest BCUT2D eigenvalue weighted by atomic mass is 16.5. The Morgan fingerprint density at radius 2 is 2.00 bits per heavy atom. The lowest BCUT2D eigenvalue weighted by molar-refractivity contribution is -0.152. The summed E-state index contributed by atoms with van der Waals surface area (Å²) in [6.07, 6.45) is 0. The Hall–Kier alpha value is -1.84. The molecule has 0 unspecified atom stereocenters. The number of hydrogen-bond donors (Lipinski definition) is 1. The molecular weight excluding hydrogens is 206 g/mol. The second-order valence-electron chi connectivity index (χ2n) is 3.49. The summed E-state index contributed by atoms with van der Waals surface area (Å²) in [6, 6.07) is 5.64. The number of rotatable bonds is 2. The summed E-state index contributed by atoms with van der Waals surface area (Å²) >= 11 is 0. The maximum atomic E-state index is 11.4. The number of anilines is 1. The topological polar surface area (TPSA) is 55.4 Å². The van der Waals surface area contributed by atoms with E-state index >= 15 is 0 Å². The van der Waals surface area contributed by atoms with E-state index in [1.807, 2.05) is 32.0 Å². The number of carbonyl (C=O) groups is 2. The maximum absolute atomic E-state index is 11.4. The minimum absolute atomic E-state index is 0.194. The average Bonchev–Trinajstić information content (AvgIpc) is 2.23. The summed E-state index contributed by atoms with van der Waals surface area (Å²) < 4.78 is 4.60. The number of aryl methyl sites for hydroxylation is 2. The van der Waals surface area contributed by atoms with Gasteiger partial charge in [-0.2, -0.15) is 0 Å². The number of benzene rings is 1. The van der Waals surface area contributed by atoms with Gasteiger partial charge in [-0.05, 0) is 38.0 Å². The highest BCUT2D eigenvalue weighted by Crippen LogP contribution is 2.16. The first-order valence-corrected chi connectivity index (χ1v) is 5.10. The van der Waals surface area contributed by atoms with Gasteiger partial charge in [0, 0.05) is 5.69 Å². The molecule has 0 saturated heterocycles. The summed E-state index contributed by atoms with van der Waals surface area (Å²) in [5.41, 5.74) is 2.56. The molecule has 4 nitrogen and oxygen atoms in total. The Morgan fingerprint density at radius 3 is 2.62 bits per heavy atom. The number of amides is 1. The van der Waals surface area contributed by atoms with E-state index < -0.39 is 11.9 Å². The number of hydrogen-bond acceptors (Lipinski definition) is 3. The van der Waals surface area contributed by atoms with Crippen molar-refractivity contribution in [3.63, 3.8) is 0 Å². The lowest BCUT2D eigenvalue weighted by atomic mass is 10.1. The molecule has 0 aliphatic heterocycles. The van der Waals surface area contributed by atoms with Crippen molar-refractivity contribution in [2.75, 3.05) is 11.9 Å². The van der Waals surface area contributed by atoms with Gasteiger partial charge in [-0.3, -0.25) is 4.79 Å². The minimum atomic E-state index is -0.858. The van der Waals surface area contributed by atoms with Crippen LogP contribution in [0.2, 0.25) is 0 Å². The summed E-state index contributed by atoms with van der Waals surface area (Å²) in [6.45, 7) is 5.63. The van der Waals surface area contributed by atoms with Crippen LogP contribution in [-0.4, -0.2) is 18.5 Å². The van der Waals surface area contributed by atoms with Crippen LogP contribution in [0.5, 0.6) is 0 Å². The van der Waals surface area contributed by atoms with Crippen LogP contribution in [0.4, 0.5) is 5.69 Å². The molecule has 1 aromatic carbocycles. The molecule has 1 rings (SSSR count). The molecule has 0 aromatic heterocycles. The minimum Gasteiger partial charge on any atom is -0.459 e. The summed E-state index contributed by atoms with van der Waals surface area (Å²) in [5, 5.41) is 2.52. The van der Waals surface area contributed by atoms with Crippen molar-refractivity contribution in [3.05, 3.63) is 29.3 Å². The van der Waals surface area contributed by atoms with E-state index in [9.17, 15) is 9.59 Å². The van der Waals surface area contributed by atoms with Crippen LogP contribution in [-0.2, 0) is 14.3 Å². The molecule has 4 heteroatoms. The molecule has 0 aliphatic carbocycles. The van der Waals surface area contributed by atoms with Gasteiger partial charge < -0.3 is 10.1 Å². The molecular formula is C12H15NO3. The van der Waals surface area contributed by atoms with Gasteiger partial charge in [-0.25, -0.2) is 4.79 Å². The van der Waals surface area contributed by atoms with Gasteiger partial charge in [0.15, 0.2) is 0 Å². The molecule has 0 fully saturated rings. The average molecular weight is 221 g/mol. The smallest absolute Gasteiger partial charge is 0.397 e. The normalized spacial score (nSPS) is 9.69. The Labute approximate surface area is 94.6 Å². The number of carbonyl (C=O) groups excluding carboxylic acids is 2. The van der Waals surface area contributed by atoms with E-state index in [1.54, 1.807) is 6.92 Å². The Balaban J connectivity index is 2.76. The van der Waals surface area contributed by atoms with Crippen LogP contribution < -0.4 is 5.32 Å². The zero-order chi connectivity index (χ0) is 12.1. The van der Waals surface area contributed by atoms with E-state index in [1.165, 1.54) is 0 Å². The van der Waals surface area contributed by atoms with Gasteiger partial charge >= 0.3 is 11.9 Å². The molecule has 1 amide bonds. The molecule has 0 radical (unpaired) electrons. The van der Waals surface area contributed by atoms with Gasteiger partial charge in [-0.1, -0.05) is 12.1 Å². The standard InChI is InChI=1S/C12H15NO3/c1-4-16-12(15)11(14)13-10-7-8(2)5-6-9(10)3/h5-7H,4H2,1-3H3,(H,13,14). The van der Waals surface area contributed by atoms with Crippen LogP contribution in [0.25, 0.3) is 0 Å². The molecule has 86 valence electrons. The quantitative estimate of drug-likeness (QED) is 0.612. The fourth-order valence-corrected chi connectivity index (χ4v) is 1.24. The maximum Gasteiger partial charge on any atom is 0.397 e. The Kier molecular flexibility index (Phi) is 4.05. The Morgan fingerprint density at radius 1 is 1.31 bits per heavy atom. The molecule has 0 spiro atoms. The van der Waals surface area contributed by atoms with Crippen LogP contribution in [0, 0.1) is 13.8 Å². The van der Waals surface area contributed by atoms with E-state index in [2.05, 4.69) is 10.1 Å². The van der Waals surface area contributed by atoms with Crippen LogP contribution >= 0.6 is 0 Å². The van der Waals surface area contributed by atoms with Gasteiger partial charge in [-0.15, -0.1) is 0 Å². The van der Waals surface area contributed by atoms with Crippen molar-refractivity contribution in [3.8, 4) is 0 Å². The highest BCUT2D eigenvalue weighted by molar-refractivity contribution is 6.37. The zero-order valence-corrected chi connectivity index (χ0v) is 9.66. The van der Waals surface area contributed by atoms with Crippen molar-refractivity contribution >= 4 is 17.6 Å². The lowest BCUT2D eigenvalue weighted by Gasteiger charge is -2.08. The van der Waals surface area contributed by atoms with Crippen LogP contribution in [0.15, 0.2) is 18.2 Å². The van der Waals surface area contributed by atoms with Crippen molar-refractivity contribution < 1.29 is 14.3 Å². The van der Waals surface area contributed by atoms with Gasteiger partial charge in [0.2, 0.25) is 0 Å². The zero-order valence-electron chi connectivity index (χ0n) is 9.66. The lowest BCUT2D eigenvalue weighted by Crippen LogP contribution is -2.25. The predicted octanol–water partition coefficient (Wildman–Crippen LogP) is 1.81. The van der Waals surface area contributed by atoms with Gasteiger partial charge in [0.25, 0.3) is 0 Å². The van der Waals surface area contributed by atoms with Crippen LogP contribution in [0.1, 0.15) is 18.1 Å². The first kappa shape index (κ1) is 12.2. The summed E-state index contributed by atoms with van der Waals surface area (Å²) in [5.74, 6) is -1.60. The number of ether oxygens (including phenoxy) is 1. The molecule has 0 heterocycles. The predicted molar refractivity (Wildman–Crippen MR) is 61.2 cm³/mol. The van der Waals surface area contributed by atoms with Crippen molar-refractivity contribution in [1.29, 1.82) is 0 Å². The van der Waals surface area contributed by atoms with Gasteiger partial charge in [0.1, 0.15) is 0 Å². The van der Waals surface area contributed by atoms with E-state index in [0.29, 0.717) is 5.69 Å². The second kappa shape index (κ2) is 5.30. The molecule has 0 aliphatic rings. The van der Waals surface area contributed by atoms with Crippen LogP contribution in [0.3, 0.4) is 0 Å². The van der Waals surface area contributed by atoms with Crippen molar-refractivity contribution in [2.45, 2.75) is 20.8 Å². The van der Waals surface area contributed by atoms with Crippen molar-refractivity contribution in [2.24, 2.45) is 0 Å². The second-order valence-corrected chi connectivity index (χ2v) is 3.49. The molecule has 1 aromatic rings. The molecule has 1 N–H and O–H groups in total. The molecule has 0 atom stereocenters. The number of nitrogens with one attached hydrogen (secondary N) is 1. The SMILES string of the molecule is CCOC(=O)C(=O)Nc1cc(C)ccc1C. The first-order chi connectivity index (χ1) is 7.54. The van der Waals surface area contributed by atoms with E-state index in [-0.39, 0.29) is 6.61 Å². The first-order valence-electron chi connectivity index (χ1n) is 5.10. The van der Waals surface area contributed by atoms with E-state index in [4.69, 9.17) is 0 Å². The van der Waals surface area contributed by atoms with E-state index in [0.717, 1.165) is 11.1 Å². The molecule has 0 bridgehead atoms. The fraction of sp³-hybridized carbons (Fsp3) is 0.333. The number of esters is 1. The largest absolute Gasteiger partial charge is 0.459 e. The Bertz CT molecular complexity index is 413. The highest BCUT2D eigenvalue weighted by Gasteiger charge is 2.15.